The van der Waals surface area contributed by atoms with Gasteiger partial charge in [0.1, 0.15) is 5.60 Å². The van der Waals surface area contributed by atoms with Crippen LogP contribution in [0.4, 0.5) is 0 Å². The second-order valence-corrected chi connectivity index (χ2v) is 5.22. The summed E-state index contributed by atoms with van der Waals surface area (Å²) >= 11 is 0. The molecule has 0 aliphatic carbocycles. The zero-order valence-corrected chi connectivity index (χ0v) is 11.8. The molecule has 0 rings (SSSR count). The summed E-state index contributed by atoms with van der Waals surface area (Å²) in [6.07, 6.45) is 3.49. The zero-order chi connectivity index (χ0) is 13.1. The Hall–Kier alpha value is -0.610. The maximum atomic E-state index is 11.3. The van der Waals surface area contributed by atoms with Gasteiger partial charge in [0, 0.05) is 0 Å². The van der Waals surface area contributed by atoms with Crippen LogP contribution in [0.15, 0.2) is 0 Å². The van der Waals surface area contributed by atoms with Crippen molar-refractivity contribution in [3.8, 4) is 0 Å². The van der Waals surface area contributed by atoms with E-state index >= 15 is 0 Å². The molecular formula is C13H28N2O2. The van der Waals surface area contributed by atoms with E-state index in [1.807, 2.05) is 20.8 Å². The maximum absolute atomic E-state index is 11.3. The molecule has 17 heavy (non-hydrogen) atoms. The molecule has 0 aliphatic heterocycles. The van der Waals surface area contributed by atoms with Crippen molar-refractivity contribution in [1.29, 1.82) is 0 Å². The molecule has 0 aromatic carbocycles. The van der Waals surface area contributed by atoms with Crippen LogP contribution in [0, 0.1) is 0 Å². The van der Waals surface area contributed by atoms with Gasteiger partial charge in [0.25, 0.3) is 0 Å². The maximum Gasteiger partial charge on any atom is 0.320 e. The topological polar surface area (TPSA) is 50.4 Å². The summed E-state index contributed by atoms with van der Waals surface area (Å²) < 4.78 is 5.18. The lowest BCUT2D eigenvalue weighted by atomic mass is 10.2. The average molecular weight is 244 g/mol. The van der Waals surface area contributed by atoms with E-state index in [4.69, 9.17) is 4.74 Å². The SMILES string of the molecule is CCCCNCCCNCC(=O)OC(C)(C)C. The molecule has 0 aromatic rings. The van der Waals surface area contributed by atoms with Gasteiger partial charge in [0.15, 0.2) is 0 Å². The summed E-state index contributed by atoms with van der Waals surface area (Å²) in [6, 6.07) is 0. The fourth-order valence-corrected chi connectivity index (χ4v) is 1.33. The monoisotopic (exact) mass is 244 g/mol. The Morgan fingerprint density at radius 2 is 1.65 bits per heavy atom. The van der Waals surface area contributed by atoms with Crippen molar-refractivity contribution >= 4 is 5.97 Å². The molecule has 4 nitrogen and oxygen atoms in total. The van der Waals surface area contributed by atoms with Crippen molar-refractivity contribution in [2.45, 2.75) is 52.6 Å². The quantitative estimate of drug-likeness (QED) is 0.479. The molecule has 0 atom stereocenters. The highest BCUT2D eigenvalue weighted by Gasteiger charge is 2.15. The van der Waals surface area contributed by atoms with E-state index in [9.17, 15) is 4.79 Å². The fourth-order valence-electron chi connectivity index (χ4n) is 1.33. The van der Waals surface area contributed by atoms with E-state index in [1.165, 1.54) is 12.8 Å². The number of ether oxygens (including phenoxy) is 1. The smallest absolute Gasteiger partial charge is 0.320 e. The molecule has 2 N–H and O–H groups in total. The summed E-state index contributed by atoms with van der Waals surface area (Å²) in [7, 11) is 0. The first kappa shape index (κ1) is 16.4. The lowest BCUT2D eigenvalue weighted by Gasteiger charge is -2.19. The number of esters is 1. The molecule has 0 saturated carbocycles. The number of carbonyl (C=O) groups excluding carboxylic acids is 1. The Morgan fingerprint density at radius 3 is 2.24 bits per heavy atom. The Morgan fingerprint density at radius 1 is 1.06 bits per heavy atom. The molecule has 0 unspecified atom stereocenters. The predicted molar refractivity (Wildman–Crippen MR) is 71.1 cm³/mol. The van der Waals surface area contributed by atoms with Crippen LogP contribution >= 0.6 is 0 Å². The number of rotatable bonds is 9. The molecule has 0 saturated heterocycles. The Balaban J connectivity index is 3.25. The first-order chi connectivity index (χ1) is 7.95. The normalized spacial score (nSPS) is 11.5. The standard InChI is InChI=1S/C13H28N2O2/c1-5-6-8-14-9-7-10-15-11-12(16)17-13(2,3)4/h14-15H,5-11H2,1-4H3. The summed E-state index contributed by atoms with van der Waals surface area (Å²) in [4.78, 5) is 11.3. The van der Waals surface area contributed by atoms with Crippen molar-refractivity contribution in [3.05, 3.63) is 0 Å². The summed E-state index contributed by atoms with van der Waals surface area (Å²) in [5, 5.41) is 6.44. The molecule has 0 heterocycles. The molecule has 4 heteroatoms. The van der Waals surface area contributed by atoms with Crippen LogP contribution in [0.2, 0.25) is 0 Å². The van der Waals surface area contributed by atoms with Crippen LogP contribution in [0.25, 0.3) is 0 Å². The van der Waals surface area contributed by atoms with E-state index < -0.39 is 0 Å². The minimum atomic E-state index is -0.388. The number of unbranched alkanes of at least 4 members (excludes halogenated alkanes) is 1. The van der Waals surface area contributed by atoms with Gasteiger partial charge in [-0.15, -0.1) is 0 Å². The van der Waals surface area contributed by atoms with Gasteiger partial charge in [0.05, 0.1) is 6.54 Å². The molecule has 0 aliphatic rings. The molecule has 0 radical (unpaired) electrons. The Labute approximate surface area is 105 Å². The van der Waals surface area contributed by atoms with Crippen molar-refractivity contribution in [2.75, 3.05) is 26.2 Å². The van der Waals surface area contributed by atoms with Crippen molar-refractivity contribution in [2.24, 2.45) is 0 Å². The van der Waals surface area contributed by atoms with E-state index in [0.717, 1.165) is 26.1 Å². The summed E-state index contributed by atoms with van der Waals surface area (Å²) in [5.74, 6) is -0.184. The van der Waals surface area contributed by atoms with Gasteiger partial charge in [-0.25, -0.2) is 0 Å². The number of hydrogen-bond acceptors (Lipinski definition) is 4. The van der Waals surface area contributed by atoms with Gasteiger partial charge in [-0.1, -0.05) is 13.3 Å². The van der Waals surface area contributed by atoms with Crippen LogP contribution in [-0.2, 0) is 9.53 Å². The van der Waals surface area contributed by atoms with Crippen LogP contribution in [0.1, 0.15) is 47.0 Å². The van der Waals surface area contributed by atoms with Crippen LogP contribution in [-0.4, -0.2) is 37.7 Å². The summed E-state index contributed by atoms with van der Waals surface area (Å²) in [6.45, 7) is 11.0. The fraction of sp³-hybridized carbons (Fsp3) is 0.923. The lowest BCUT2D eigenvalue weighted by Crippen LogP contribution is -2.32. The Kier molecular flexibility index (Phi) is 9.09. The van der Waals surface area contributed by atoms with Crippen molar-refractivity contribution < 1.29 is 9.53 Å². The van der Waals surface area contributed by atoms with Gasteiger partial charge in [-0.3, -0.25) is 4.79 Å². The van der Waals surface area contributed by atoms with Gasteiger partial charge >= 0.3 is 5.97 Å². The minimum Gasteiger partial charge on any atom is -0.459 e. The molecule has 102 valence electrons. The lowest BCUT2D eigenvalue weighted by molar-refractivity contribution is -0.153. The number of hydrogen-bond donors (Lipinski definition) is 2. The molecule has 0 bridgehead atoms. The first-order valence-electron chi connectivity index (χ1n) is 6.59. The van der Waals surface area contributed by atoms with E-state index in [2.05, 4.69) is 17.6 Å². The van der Waals surface area contributed by atoms with Crippen LogP contribution < -0.4 is 10.6 Å². The van der Waals surface area contributed by atoms with Crippen molar-refractivity contribution in [1.82, 2.24) is 10.6 Å². The third-order valence-electron chi connectivity index (χ3n) is 2.10. The molecule has 0 aromatic heterocycles. The number of nitrogens with one attached hydrogen (secondary N) is 2. The average Bonchev–Trinajstić information content (AvgIpc) is 2.19. The molecule has 0 amide bonds. The van der Waals surface area contributed by atoms with Crippen molar-refractivity contribution in [3.63, 3.8) is 0 Å². The van der Waals surface area contributed by atoms with E-state index in [0.29, 0.717) is 6.54 Å². The molecule has 0 fully saturated rings. The third kappa shape index (κ3) is 13.3. The Bertz CT molecular complexity index is 200. The van der Waals surface area contributed by atoms with Gasteiger partial charge in [0.2, 0.25) is 0 Å². The molecule has 0 spiro atoms. The predicted octanol–water partition coefficient (Wildman–Crippen LogP) is 1.70. The number of carbonyl (C=O) groups is 1. The summed E-state index contributed by atoms with van der Waals surface area (Å²) in [5.41, 5.74) is -0.388. The highest BCUT2D eigenvalue weighted by Crippen LogP contribution is 2.05. The van der Waals surface area contributed by atoms with Gasteiger partial charge in [-0.2, -0.15) is 0 Å². The molecular weight excluding hydrogens is 216 g/mol. The van der Waals surface area contributed by atoms with E-state index in [-0.39, 0.29) is 11.6 Å². The van der Waals surface area contributed by atoms with Crippen LogP contribution in [0.5, 0.6) is 0 Å². The second kappa shape index (κ2) is 9.42. The minimum absolute atomic E-state index is 0.184. The second-order valence-electron chi connectivity index (χ2n) is 5.22. The third-order valence-corrected chi connectivity index (χ3v) is 2.10. The highest BCUT2D eigenvalue weighted by molar-refractivity contribution is 5.72. The van der Waals surface area contributed by atoms with E-state index in [1.54, 1.807) is 0 Å². The largest absolute Gasteiger partial charge is 0.459 e. The first-order valence-corrected chi connectivity index (χ1v) is 6.59. The highest BCUT2D eigenvalue weighted by atomic mass is 16.6. The van der Waals surface area contributed by atoms with Gasteiger partial charge < -0.3 is 15.4 Å². The van der Waals surface area contributed by atoms with Gasteiger partial charge in [-0.05, 0) is 53.2 Å². The van der Waals surface area contributed by atoms with Crippen LogP contribution in [0.3, 0.4) is 0 Å². The zero-order valence-electron chi connectivity index (χ0n) is 11.8.